The zero-order valence-corrected chi connectivity index (χ0v) is 14.9. The number of carbonyl (C=O) groups is 2. The highest BCUT2D eigenvalue weighted by molar-refractivity contribution is 5.81. The maximum Gasteiger partial charge on any atom is 0.306 e. The second-order valence-electron chi connectivity index (χ2n) is 7.72. The maximum absolute atomic E-state index is 12.7. The quantitative estimate of drug-likeness (QED) is 0.856. The Morgan fingerprint density at radius 1 is 1.08 bits per heavy atom. The van der Waals surface area contributed by atoms with Gasteiger partial charge in [-0.2, -0.15) is 0 Å². The molecule has 4 nitrogen and oxygen atoms in total. The van der Waals surface area contributed by atoms with Crippen molar-refractivity contribution in [2.45, 2.75) is 51.4 Å². The second kappa shape index (κ2) is 8.50. The van der Waals surface area contributed by atoms with E-state index >= 15 is 0 Å². The summed E-state index contributed by atoms with van der Waals surface area (Å²) in [5.74, 6) is -0.327. The van der Waals surface area contributed by atoms with E-state index in [2.05, 4.69) is 24.3 Å². The van der Waals surface area contributed by atoms with Crippen molar-refractivity contribution < 1.29 is 14.7 Å². The average Bonchev–Trinajstić information content (AvgIpc) is 3.13. The lowest BCUT2D eigenvalue weighted by Gasteiger charge is -2.34. The molecule has 3 rings (SSSR count). The number of aliphatic carboxylic acids is 1. The van der Waals surface area contributed by atoms with Gasteiger partial charge in [-0.1, -0.05) is 30.3 Å². The van der Waals surface area contributed by atoms with Crippen LogP contribution < -0.4 is 0 Å². The molecule has 1 aliphatic carbocycles. The number of piperidine rings is 1. The lowest BCUT2D eigenvalue weighted by atomic mass is 9.91. The molecule has 2 fully saturated rings. The molecule has 1 heterocycles. The number of aryl methyl sites for hydroxylation is 1. The zero-order chi connectivity index (χ0) is 17.6. The lowest BCUT2D eigenvalue weighted by molar-refractivity contribution is -0.142. The third kappa shape index (κ3) is 4.83. The van der Waals surface area contributed by atoms with Crippen molar-refractivity contribution in [2.75, 3.05) is 13.1 Å². The maximum atomic E-state index is 12.7. The normalized spacial score (nSPS) is 26.6. The van der Waals surface area contributed by atoms with Crippen LogP contribution >= 0.6 is 0 Å². The molecule has 1 aromatic carbocycles. The Balaban J connectivity index is 1.44. The Hall–Kier alpha value is -1.84. The van der Waals surface area contributed by atoms with Crippen LogP contribution in [0.1, 0.15) is 50.5 Å². The van der Waals surface area contributed by atoms with Gasteiger partial charge in [-0.25, -0.2) is 0 Å². The monoisotopic (exact) mass is 343 g/mol. The summed E-state index contributed by atoms with van der Waals surface area (Å²) in [6.07, 6.45) is 7.66. The highest BCUT2D eigenvalue weighted by atomic mass is 16.4. The molecule has 4 heteroatoms. The van der Waals surface area contributed by atoms with E-state index in [-0.39, 0.29) is 17.7 Å². The van der Waals surface area contributed by atoms with Crippen molar-refractivity contribution in [2.24, 2.45) is 17.8 Å². The van der Waals surface area contributed by atoms with Crippen molar-refractivity contribution >= 4 is 11.9 Å². The van der Waals surface area contributed by atoms with Crippen LogP contribution in [0.25, 0.3) is 0 Å². The minimum atomic E-state index is -0.743. The standard InChI is InChI=1S/C21H29NO3/c23-20(18-11-12-19(14-18)21(24)25)22-13-5-10-17(15-22)9-4-8-16-6-2-1-3-7-16/h1-3,6-7,17-19H,4-5,8-15H2,(H,24,25)/t17?,18-,19+/m0/s1. The topological polar surface area (TPSA) is 57.6 Å². The molecule has 0 bridgehead atoms. The fourth-order valence-corrected chi connectivity index (χ4v) is 4.43. The lowest BCUT2D eigenvalue weighted by Crippen LogP contribution is -2.42. The first kappa shape index (κ1) is 18.0. The molecule has 1 saturated heterocycles. The van der Waals surface area contributed by atoms with Crippen molar-refractivity contribution in [1.82, 2.24) is 4.90 Å². The molecule has 1 aliphatic heterocycles. The fourth-order valence-electron chi connectivity index (χ4n) is 4.43. The number of rotatable bonds is 6. The van der Waals surface area contributed by atoms with Crippen LogP contribution in [0, 0.1) is 17.8 Å². The summed E-state index contributed by atoms with van der Waals surface area (Å²) in [4.78, 5) is 25.9. The fraction of sp³-hybridized carbons (Fsp3) is 0.619. The summed E-state index contributed by atoms with van der Waals surface area (Å²) >= 11 is 0. The number of amides is 1. The van der Waals surface area contributed by atoms with Crippen LogP contribution in [0.3, 0.4) is 0 Å². The molecule has 136 valence electrons. The SMILES string of the molecule is O=C(O)[C@@H]1CC[C@H](C(=O)N2CCCC(CCCc3ccccc3)C2)C1. The van der Waals surface area contributed by atoms with Gasteiger partial charge >= 0.3 is 5.97 Å². The third-order valence-electron chi connectivity index (χ3n) is 5.88. The number of hydrogen-bond donors (Lipinski definition) is 1. The average molecular weight is 343 g/mol. The number of carboxylic acid groups (broad SMARTS) is 1. The minimum absolute atomic E-state index is 0.0656. The number of hydrogen-bond acceptors (Lipinski definition) is 2. The van der Waals surface area contributed by atoms with E-state index in [9.17, 15) is 9.59 Å². The Morgan fingerprint density at radius 3 is 2.56 bits per heavy atom. The first-order valence-corrected chi connectivity index (χ1v) is 9.69. The first-order chi connectivity index (χ1) is 12.1. The third-order valence-corrected chi connectivity index (χ3v) is 5.88. The molecule has 3 atom stereocenters. The van der Waals surface area contributed by atoms with E-state index in [1.54, 1.807) is 0 Å². The van der Waals surface area contributed by atoms with Crippen molar-refractivity contribution in [3.8, 4) is 0 Å². The second-order valence-corrected chi connectivity index (χ2v) is 7.72. The van der Waals surface area contributed by atoms with E-state index in [0.29, 0.717) is 18.8 Å². The highest BCUT2D eigenvalue weighted by Gasteiger charge is 2.36. The van der Waals surface area contributed by atoms with E-state index in [4.69, 9.17) is 5.11 Å². The molecule has 1 amide bonds. The molecule has 1 unspecified atom stereocenters. The molecule has 1 saturated carbocycles. The number of carboxylic acids is 1. The molecule has 1 N–H and O–H groups in total. The van der Waals surface area contributed by atoms with Gasteiger partial charge in [-0.05, 0) is 62.8 Å². The summed E-state index contributed by atoms with van der Waals surface area (Å²) in [5.41, 5.74) is 1.39. The minimum Gasteiger partial charge on any atom is -0.481 e. The van der Waals surface area contributed by atoms with Gasteiger partial charge in [-0.3, -0.25) is 9.59 Å². The van der Waals surface area contributed by atoms with Crippen LogP contribution in [-0.4, -0.2) is 35.0 Å². The molecule has 0 radical (unpaired) electrons. The van der Waals surface area contributed by atoms with Crippen molar-refractivity contribution in [1.29, 1.82) is 0 Å². The number of nitrogens with zero attached hydrogens (tertiary/aromatic N) is 1. The van der Waals surface area contributed by atoms with E-state index in [1.807, 2.05) is 11.0 Å². The summed E-state index contributed by atoms with van der Waals surface area (Å²) in [5, 5.41) is 9.13. The van der Waals surface area contributed by atoms with Gasteiger partial charge in [0.25, 0.3) is 0 Å². The van der Waals surface area contributed by atoms with E-state index in [1.165, 1.54) is 24.8 Å². The molecule has 2 aliphatic rings. The number of benzene rings is 1. The first-order valence-electron chi connectivity index (χ1n) is 9.69. The van der Waals surface area contributed by atoms with Gasteiger partial charge in [0.15, 0.2) is 0 Å². The van der Waals surface area contributed by atoms with Crippen LogP contribution in [0.2, 0.25) is 0 Å². The van der Waals surface area contributed by atoms with Gasteiger partial charge in [0.05, 0.1) is 5.92 Å². The summed E-state index contributed by atoms with van der Waals surface area (Å²) in [6, 6.07) is 10.6. The van der Waals surface area contributed by atoms with Crippen LogP contribution in [0.5, 0.6) is 0 Å². The summed E-state index contributed by atoms with van der Waals surface area (Å²) in [7, 11) is 0. The summed E-state index contributed by atoms with van der Waals surface area (Å²) < 4.78 is 0. The zero-order valence-electron chi connectivity index (χ0n) is 14.9. The highest BCUT2D eigenvalue weighted by Crippen LogP contribution is 2.33. The van der Waals surface area contributed by atoms with Gasteiger partial charge in [0, 0.05) is 19.0 Å². The molecule has 0 spiro atoms. The van der Waals surface area contributed by atoms with Crippen LogP contribution in [0.4, 0.5) is 0 Å². The Kier molecular flexibility index (Phi) is 6.11. The van der Waals surface area contributed by atoms with Crippen LogP contribution in [-0.2, 0) is 16.0 Å². The van der Waals surface area contributed by atoms with Gasteiger partial charge in [0.1, 0.15) is 0 Å². The number of likely N-dealkylation sites (tertiary alicyclic amines) is 1. The predicted molar refractivity (Wildman–Crippen MR) is 97.2 cm³/mol. The van der Waals surface area contributed by atoms with Crippen molar-refractivity contribution in [3.63, 3.8) is 0 Å². The van der Waals surface area contributed by atoms with Crippen LogP contribution in [0.15, 0.2) is 30.3 Å². The number of carbonyl (C=O) groups excluding carboxylic acids is 1. The summed E-state index contributed by atoms with van der Waals surface area (Å²) in [6.45, 7) is 1.71. The smallest absolute Gasteiger partial charge is 0.306 e. The van der Waals surface area contributed by atoms with E-state index in [0.717, 1.165) is 32.4 Å². The van der Waals surface area contributed by atoms with Crippen molar-refractivity contribution in [3.05, 3.63) is 35.9 Å². The molecule has 0 aromatic heterocycles. The Morgan fingerprint density at radius 2 is 1.84 bits per heavy atom. The van der Waals surface area contributed by atoms with E-state index < -0.39 is 5.97 Å². The van der Waals surface area contributed by atoms with Gasteiger partial charge in [-0.15, -0.1) is 0 Å². The Labute approximate surface area is 150 Å². The largest absolute Gasteiger partial charge is 0.481 e. The molecular weight excluding hydrogens is 314 g/mol. The predicted octanol–water partition coefficient (Wildman–Crippen LogP) is 3.75. The van der Waals surface area contributed by atoms with Gasteiger partial charge in [0.2, 0.25) is 5.91 Å². The van der Waals surface area contributed by atoms with Gasteiger partial charge < -0.3 is 10.0 Å². The molecule has 1 aromatic rings. The molecular formula is C21H29NO3. The Bertz CT molecular complexity index is 586. The molecule has 25 heavy (non-hydrogen) atoms.